The van der Waals surface area contributed by atoms with Crippen LogP contribution in [0.2, 0.25) is 0 Å². The van der Waals surface area contributed by atoms with Crippen molar-refractivity contribution in [3.63, 3.8) is 0 Å². The predicted octanol–water partition coefficient (Wildman–Crippen LogP) is 3.66. The van der Waals surface area contributed by atoms with E-state index in [4.69, 9.17) is 0 Å². The summed E-state index contributed by atoms with van der Waals surface area (Å²) in [5, 5.41) is 2.82. The molecule has 0 heterocycles. The highest BCUT2D eigenvalue weighted by Crippen LogP contribution is 2.16. The number of sulfonamides is 1. The van der Waals surface area contributed by atoms with Crippen molar-refractivity contribution in [3.05, 3.63) is 70.8 Å². The summed E-state index contributed by atoms with van der Waals surface area (Å²) in [5.41, 5.74) is 4.15. The molecule has 1 amide bonds. The summed E-state index contributed by atoms with van der Waals surface area (Å²) in [6, 6.07) is 12.7. The molecule has 5 nitrogen and oxygen atoms in total. The highest BCUT2D eigenvalue weighted by atomic mass is 32.2. The zero-order valence-electron chi connectivity index (χ0n) is 16.9. The summed E-state index contributed by atoms with van der Waals surface area (Å²) in [4.78, 5) is 12.3. The van der Waals surface area contributed by atoms with E-state index in [0.29, 0.717) is 19.6 Å². The highest BCUT2D eigenvalue weighted by Gasteiger charge is 2.21. The van der Waals surface area contributed by atoms with Crippen molar-refractivity contribution in [1.29, 1.82) is 0 Å². The Morgan fingerprint density at radius 3 is 2.25 bits per heavy atom. The first-order valence-corrected chi connectivity index (χ1v) is 10.8. The Bertz CT molecular complexity index is 944. The summed E-state index contributed by atoms with van der Waals surface area (Å²) < 4.78 is 26.4. The van der Waals surface area contributed by atoms with Gasteiger partial charge in [-0.15, -0.1) is 0 Å². The second kappa shape index (κ2) is 9.66. The molecule has 6 heteroatoms. The molecule has 0 bridgehead atoms. The fourth-order valence-electron chi connectivity index (χ4n) is 2.92. The molecule has 0 spiro atoms. The van der Waals surface area contributed by atoms with Gasteiger partial charge < -0.3 is 5.32 Å². The molecule has 0 radical (unpaired) electrons. The molecular formula is C22H28N2O3S. The van der Waals surface area contributed by atoms with Crippen molar-refractivity contribution < 1.29 is 13.2 Å². The molecule has 0 unspecified atom stereocenters. The van der Waals surface area contributed by atoms with Gasteiger partial charge in [-0.25, -0.2) is 8.42 Å². The summed E-state index contributed by atoms with van der Waals surface area (Å²) >= 11 is 0. The maximum atomic E-state index is 12.5. The number of rotatable bonds is 8. The summed E-state index contributed by atoms with van der Waals surface area (Å²) in [6.07, 6.45) is 3.31. The van der Waals surface area contributed by atoms with Gasteiger partial charge in [0.25, 0.3) is 0 Å². The third kappa shape index (κ3) is 5.53. The Morgan fingerprint density at radius 2 is 1.68 bits per heavy atom. The van der Waals surface area contributed by atoms with Crippen LogP contribution in [0.3, 0.4) is 0 Å². The lowest BCUT2D eigenvalue weighted by molar-refractivity contribution is -0.116. The van der Waals surface area contributed by atoms with Crippen LogP contribution in [0.4, 0.5) is 0 Å². The predicted molar refractivity (Wildman–Crippen MR) is 113 cm³/mol. The van der Waals surface area contributed by atoms with Crippen LogP contribution < -0.4 is 5.32 Å². The van der Waals surface area contributed by atoms with Crippen molar-refractivity contribution in [2.75, 3.05) is 13.1 Å². The molecule has 0 fully saturated rings. The average Bonchev–Trinajstić information content (AvgIpc) is 2.66. The second-order valence-electron chi connectivity index (χ2n) is 6.64. The lowest BCUT2D eigenvalue weighted by atomic mass is 10.1. The van der Waals surface area contributed by atoms with Crippen LogP contribution in [0.5, 0.6) is 0 Å². The SMILES string of the molecule is CCN(CC)S(=O)(=O)c1ccc(CNC(=O)/C=C/c2ccc(C)cc2C)cc1. The number of hydrogen-bond donors (Lipinski definition) is 1. The summed E-state index contributed by atoms with van der Waals surface area (Å²) in [5.74, 6) is -0.195. The minimum atomic E-state index is -3.46. The number of carbonyl (C=O) groups excluding carboxylic acids is 1. The average molecular weight is 401 g/mol. The standard InChI is InChI=1S/C22H28N2O3S/c1-5-24(6-2)28(26,27)21-12-8-19(9-13-21)16-23-22(25)14-11-20-10-7-17(3)15-18(20)4/h7-15H,5-6,16H2,1-4H3,(H,23,25)/b14-11+. The quantitative estimate of drug-likeness (QED) is 0.688. The molecule has 0 saturated heterocycles. The maximum Gasteiger partial charge on any atom is 0.244 e. The van der Waals surface area contributed by atoms with Gasteiger partial charge in [-0.2, -0.15) is 4.31 Å². The molecule has 0 aliphatic heterocycles. The summed E-state index contributed by atoms with van der Waals surface area (Å²) in [6.45, 7) is 8.88. The third-order valence-electron chi connectivity index (χ3n) is 4.57. The van der Waals surface area contributed by atoms with Crippen LogP contribution >= 0.6 is 0 Å². The number of aryl methyl sites for hydroxylation is 2. The van der Waals surface area contributed by atoms with Crippen LogP contribution in [0.15, 0.2) is 53.4 Å². The van der Waals surface area contributed by atoms with Gasteiger partial charge >= 0.3 is 0 Å². The Hall–Kier alpha value is -2.44. The van der Waals surface area contributed by atoms with E-state index in [1.165, 1.54) is 15.9 Å². The van der Waals surface area contributed by atoms with Gasteiger partial charge in [0.1, 0.15) is 0 Å². The number of amides is 1. The fourth-order valence-corrected chi connectivity index (χ4v) is 4.38. The Kier molecular flexibility index (Phi) is 7.54. The van der Waals surface area contributed by atoms with Crippen molar-refractivity contribution >= 4 is 22.0 Å². The number of carbonyl (C=O) groups is 1. The summed E-state index contributed by atoms with van der Waals surface area (Å²) in [7, 11) is -3.46. The highest BCUT2D eigenvalue weighted by molar-refractivity contribution is 7.89. The van der Waals surface area contributed by atoms with E-state index < -0.39 is 10.0 Å². The van der Waals surface area contributed by atoms with Gasteiger partial charge in [-0.1, -0.05) is 49.7 Å². The van der Waals surface area contributed by atoms with E-state index in [0.717, 1.165) is 16.7 Å². The monoisotopic (exact) mass is 400 g/mol. The zero-order valence-corrected chi connectivity index (χ0v) is 17.7. The first-order valence-electron chi connectivity index (χ1n) is 9.40. The number of hydrogen-bond acceptors (Lipinski definition) is 3. The van der Waals surface area contributed by atoms with Crippen molar-refractivity contribution in [3.8, 4) is 0 Å². The molecule has 2 aromatic carbocycles. The topological polar surface area (TPSA) is 66.5 Å². The van der Waals surface area contributed by atoms with Crippen LogP contribution in [0, 0.1) is 13.8 Å². The normalized spacial score (nSPS) is 11.9. The van der Waals surface area contributed by atoms with Gasteiger partial charge in [-0.3, -0.25) is 4.79 Å². The van der Waals surface area contributed by atoms with Gasteiger partial charge in [0, 0.05) is 25.7 Å². The largest absolute Gasteiger partial charge is 0.348 e. The molecule has 1 N–H and O–H groups in total. The molecule has 28 heavy (non-hydrogen) atoms. The molecular weight excluding hydrogens is 372 g/mol. The molecule has 2 aromatic rings. The second-order valence-corrected chi connectivity index (χ2v) is 8.58. The van der Waals surface area contributed by atoms with Gasteiger partial charge in [-0.05, 0) is 48.7 Å². The van der Waals surface area contributed by atoms with E-state index in [1.54, 1.807) is 30.3 Å². The molecule has 2 rings (SSSR count). The number of nitrogens with zero attached hydrogens (tertiary/aromatic N) is 1. The first kappa shape index (κ1) is 21.9. The molecule has 0 aromatic heterocycles. The number of benzene rings is 2. The van der Waals surface area contributed by atoms with Crippen LogP contribution in [0.1, 0.15) is 36.1 Å². The van der Waals surface area contributed by atoms with E-state index in [2.05, 4.69) is 11.4 Å². The van der Waals surface area contributed by atoms with E-state index in [-0.39, 0.29) is 10.8 Å². The van der Waals surface area contributed by atoms with Crippen molar-refractivity contribution in [1.82, 2.24) is 9.62 Å². The Morgan fingerprint density at radius 1 is 1.04 bits per heavy atom. The first-order chi connectivity index (χ1) is 13.3. The maximum absolute atomic E-state index is 12.5. The van der Waals surface area contributed by atoms with Crippen molar-refractivity contribution in [2.45, 2.75) is 39.1 Å². The lowest BCUT2D eigenvalue weighted by Crippen LogP contribution is -2.30. The number of nitrogens with one attached hydrogen (secondary N) is 1. The van der Waals surface area contributed by atoms with E-state index in [9.17, 15) is 13.2 Å². The van der Waals surface area contributed by atoms with E-state index in [1.807, 2.05) is 39.8 Å². The Balaban J connectivity index is 1.97. The van der Waals surface area contributed by atoms with Gasteiger partial charge in [0.15, 0.2) is 0 Å². The van der Waals surface area contributed by atoms with Crippen LogP contribution in [-0.4, -0.2) is 31.7 Å². The minimum absolute atomic E-state index is 0.195. The molecule has 0 atom stereocenters. The zero-order chi connectivity index (χ0) is 20.7. The van der Waals surface area contributed by atoms with Gasteiger partial charge in [0.05, 0.1) is 4.90 Å². The smallest absolute Gasteiger partial charge is 0.244 e. The fraction of sp³-hybridized carbons (Fsp3) is 0.318. The van der Waals surface area contributed by atoms with Crippen LogP contribution in [0.25, 0.3) is 6.08 Å². The third-order valence-corrected chi connectivity index (χ3v) is 6.64. The van der Waals surface area contributed by atoms with Crippen LogP contribution in [-0.2, 0) is 21.4 Å². The molecule has 0 saturated carbocycles. The molecule has 0 aliphatic rings. The molecule has 0 aliphatic carbocycles. The Labute approximate surface area is 168 Å². The molecule has 150 valence electrons. The minimum Gasteiger partial charge on any atom is -0.348 e. The van der Waals surface area contributed by atoms with Crippen molar-refractivity contribution in [2.24, 2.45) is 0 Å². The lowest BCUT2D eigenvalue weighted by Gasteiger charge is -2.18. The van der Waals surface area contributed by atoms with E-state index >= 15 is 0 Å². The van der Waals surface area contributed by atoms with Gasteiger partial charge in [0.2, 0.25) is 15.9 Å².